The van der Waals surface area contributed by atoms with E-state index < -0.39 is 0 Å². The summed E-state index contributed by atoms with van der Waals surface area (Å²) in [5, 5.41) is 3.12. The van der Waals surface area contributed by atoms with Gasteiger partial charge in [-0.25, -0.2) is 15.0 Å². The summed E-state index contributed by atoms with van der Waals surface area (Å²) in [5.74, 6) is 2.31. The van der Waals surface area contributed by atoms with Gasteiger partial charge in [0, 0.05) is 12.4 Å². The molecule has 76 valence electrons. The van der Waals surface area contributed by atoms with Crippen molar-refractivity contribution in [3.63, 3.8) is 0 Å². The second-order valence-corrected chi connectivity index (χ2v) is 3.33. The van der Waals surface area contributed by atoms with Crippen molar-refractivity contribution in [2.24, 2.45) is 0 Å². The monoisotopic (exact) mass is 200 g/mol. The molecule has 0 bridgehead atoms. The molecule has 1 N–H and O–H groups in total. The smallest absolute Gasteiger partial charge is 0.135 e. The van der Waals surface area contributed by atoms with Crippen LogP contribution in [0.2, 0.25) is 0 Å². The molecule has 0 aliphatic rings. The summed E-state index contributed by atoms with van der Waals surface area (Å²) < 4.78 is 0. The fourth-order valence-electron chi connectivity index (χ4n) is 1.26. The van der Waals surface area contributed by atoms with Crippen LogP contribution in [0.4, 0.5) is 11.6 Å². The molecule has 0 unspecified atom stereocenters. The molecule has 2 rings (SSSR count). The molecule has 0 aromatic carbocycles. The Kier molecular flexibility index (Phi) is 2.58. The van der Waals surface area contributed by atoms with Crippen molar-refractivity contribution in [2.45, 2.75) is 13.8 Å². The molecule has 15 heavy (non-hydrogen) atoms. The molecular formula is C11H12N4. The average molecular weight is 200 g/mol. The largest absolute Gasteiger partial charge is 0.325 e. The number of hydrogen-bond acceptors (Lipinski definition) is 4. The summed E-state index contributed by atoms with van der Waals surface area (Å²) >= 11 is 0. The van der Waals surface area contributed by atoms with Crippen molar-refractivity contribution in [1.29, 1.82) is 0 Å². The van der Waals surface area contributed by atoms with Crippen LogP contribution in [-0.2, 0) is 0 Å². The van der Waals surface area contributed by atoms with E-state index in [1.807, 2.05) is 32.0 Å². The average Bonchev–Trinajstić information content (AvgIpc) is 2.17. The summed E-state index contributed by atoms with van der Waals surface area (Å²) in [7, 11) is 0. The summed E-state index contributed by atoms with van der Waals surface area (Å²) in [6.07, 6.45) is 3.49. The highest BCUT2D eigenvalue weighted by Gasteiger charge is 1.97. The van der Waals surface area contributed by atoms with Crippen LogP contribution in [0.1, 0.15) is 11.4 Å². The molecule has 2 aromatic heterocycles. The van der Waals surface area contributed by atoms with Gasteiger partial charge in [-0.05, 0) is 37.6 Å². The zero-order chi connectivity index (χ0) is 10.7. The number of aryl methyl sites for hydroxylation is 2. The van der Waals surface area contributed by atoms with Gasteiger partial charge in [-0.3, -0.25) is 0 Å². The van der Waals surface area contributed by atoms with Crippen molar-refractivity contribution >= 4 is 11.6 Å². The standard InChI is InChI=1S/C11H12N4/c1-8-3-5-13-11(7-8)15-10-4-6-12-9(2)14-10/h3-7H,1-2H3,(H,12,13,14,15). The Morgan fingerprint density at radius 2 is 1.80 bits per heavy atom. The molecule has 2 aromatic rings. The van der Waals surface area contributed by atoms with E-state index in [-0.39, 0.29) is 0 Å². The Bertz CT molecular complexity index is 424. The van der Waals surface area contributed by atoms with E-state index >= 15 is 0 Å². The highest BCUT2D eigenvalue weighted by Crippen LogP contribution is 2.11. The number of aromatic nitrogens is 3. The minimum atomic E-state index is 0.743. The SMILES string of the molecule is Cc1ccnc(Nc2ccnc(C)n2)c1. The van der Waals surface area contributed by atoms with Crippen LogP contribution in [0.5, 0.6) is 0 Å². The quantitative estimate of drug-likeness (QED) is 0.807. The lowest BCUT2D eigenvalue weighted by Gasteiger charge is -2.04. The fourth-order valence-corrected chi connectivity index (χ4v) is 1.26. The van der Waals surface area contributed by atoms with Gasteiger partial charge in [0.15, 0.2) is 0 Å². The summed E-state index contributed by atoms with van der Waals surface area (Å²) in [6.45, 7) is 3.88. The highest BCUT2D eigenvalue weighted by molar-refractivity contribution is 5.51. The van der Waals surface area contributed by atoms with Crippen LogP contribution in [0.3, 0.4) is 0 Å². The van der Waals surface area contributed by atoms with Gasteiger partial charge in [0.2, 0.25) is 0 Å². The molecule has 0 radical (unpaired) electrons. The van der Waals surface area contributed by atoms with E-state index in [2.05, 4.69) is 20.3 Å². The molecule has 0 spiro atoms. The molecule has 0 saturated heterocycles. The maximum absolute atomic E-state index is 4.24. The number of anilines is 2. The molecule has 4 heteroatoms. The normalized spacial score (nSPS) is 10.0. The molecule has 4 nitrogen and oxygen atoms in total. The lowest BCUT2D eigenvalue weighted by Crippen LogP contribution is -1.98. The van der Waals surface area contributed by atoms with Crippen LogP contribution in [0.15, 0.2) is 30.6 Å². The second-order valence-electron chi connectivity index (χ2n) is 3.33. The maximum atomic E-state index is 4.24. The number of hydrogen-bond donors (Lipinski definition) is 1. The maximum Gasteiger partial charge on any atom is 0.135 e. The van der Waals surface area contributed by atoms with Crippen LogP contribution in [0, 0.1) is 13.8 Å². The Hall–Kier alpha value is -1.97. The van der Waals surface area contributed by atoms with Crippen LogP contribution < -0.4 is 5.32 Å². The Labute approximate surface area is 88.4 Å². The number of nitrogens with one attached hydrogen (secondary N) is 1. The third kappa shape index (κ3) is 2.49. The molecule has 0 fully saturated rings. The Balaban J connectivity index is 2.22. The molecule has 0 atom stereocenters. The molecule has 0 aliphatic carbocycles. The van der Waals surface area contributed by atoms with Gasteiger partial charge in [0.25, 0.3) is 0 Å². The van der Waals surface area contributed by atoms with Gasteiger partial charge in [-0.15, -0.1) is 0 Å². The minimum Gasteiger partial charge on any atom is -0.325 e. The third-order valence-corrected chi connectivity index (χ3v) is 1.95. The van der Waals surface area contributed by atoms with E-state index in [0.717, 1.165) is 17.5 Å². The van der Waals surface area contributed by atoms with E-state index in [9.17, 15) is 0 Å². The molecule has 2 heterocycles. The van der Waals surface area contributed by atoms with Gasteiger partial charge in [-0.2, -0.15) is 0 Å². The zero-order valence-corrected chi connectivity index (χ0v) is 8.73. The van der Waals surface area contributed by atoms with Crippen molar-refractivity contribution in [3.8, 4) is 0 Å². The van der Waals surface area contributed by atoms with Crippen LogP contribution in [-0.4, -0.2) is 15.0 Å². The van der Waals surface area contributed by atoms with Crippen molar-refractivity contribution in [2.75, 3.05) is 5.32 Å². The predicted octanol–water partition coefficient (Wildman–Crippen LogP) is 2.23. The molecule has 0 aliphatic heterocycles. The zero-order valence-electron chi connectivity index (χ0n) is 8.73. The molecule has 0 amide bonds. The van der Waals surface area contributed by atoms with Gasteiger partial charge in [0.1, 0.15) is 17.5 Å². The van der Waals surface area contributed by atoms with E-state index in [0.29, 0.717) is 0 Å². The summed E-state index contributed by atoms with van der Waals surface area (Å²) in [5.41, 5.74) is 1.17. The minimum absolute atomic E-state index is 0.743. The van der Waals surface area contributed by atoms with Crippen molar-refractivity contribution in [3.05, 3.63) is 42.0 Å². The van der Waals surface area contributed by atoms with Crippen LogP contribution >= 0.6 is 0 Å². The van der Waals surface area contributed by atoms with Crippen LogP contribution in [0.25, 0.3) is 0 Å². The topological polar surface area (TPSA) is 50.7 Å². The lowest BCUT2D eigenvalue weighted by atomic mass is 10.3. The molecular weight excluding hydrogens is 188 g/mol. The fraction of sp³-hybridized carbons (Fsp3) is 0.182. The van der Waals surface area contributed by atoms with Crippen molar-refractivity contribution in [1.82, 2.24) is 15.0 Å². The van der Waals surface area contributed by atoms with Gasteiger partial charge >= 0.3 is 0 Å². The Morgan fingerprint density at radius 1 is 1.00 bits per heavy atom. The predicted molar refractivity (Wildman–Crippen MR) is 59.0 cm³/mol. The lowest BCUT2D eigenvalue weighted by molar-refractivity contribution is 1.05. The first-order chi connectivity index (χ1) is 7.24. The third-order valence-electron chi connectivity index (χ3n) is 1.95. The second kappa shape index (κ2) is 4.04. The number of nitrogens with zero attached hydrogens (tertiary/aromatic N) is 3. The molecule has 0 saturated carbocycles. The number of pyridine rings is 1. The van der Waals surface area contributed by atoms with Gasteiger partial charge in [0.05, 0.1) is 0 Å². The first-order valence-corrected chi connectivity index (χ1v) is 4.73. The number of rotatable bonds is 2. The van der Waals surface area contributed by atoms with E-state index in [1.54, 1.807) is 12.4 Å². The van der Waals surface area contributed by atoms with Gasteiger partial charge in [-0.1, -0.05) is 0 Å². The van der Waals surface area contributed by atoms with Gasteiger partial charge < -0.3 is 5.32 Å². The summed E-state index contributed by atoms with van der Waals surface area (Å²) in [4.78, 5) is 12.5. The Morgan fingerprint density at radius 3 is 2.53 bits per heavy atom. The van der Waals surface area contributed by atoms with E-state index in [1.165, 1.54) is 5.56 Å². The highest BCUT2D eigenvalue weighted by atomic mass is 15.1. The van der Waals surface area contributed by atoms with E-state index in [4.69, 9.17) is 0 Å². The first-order valence-electron chi connectivity index (χ1n) is 4.73. The summed E-state index contributed by atoms with van der Waals surface area (Å²) in [6, 6.07) is 5.74. The first kappa shape index (κ1) is 9.58. The van der Waals surface area contributed by atoms with Crippen molar-refractivity contribution < 1.29 is 0 Å².